The number of carbonyl (C=O) groups excluding carboxylic acids is 2. The molecule has 0 saturated carbocycles. The van der Waals surface area contributed by atoms with Gasteiger partial charge in [-0.3, -0.25) is 9.59 Å². The number of ketones is 2. The number of carboxylic acids is 1. The van der Waals surface area contributed by atoms with Crippen molar-refractivity contribution in [3.05, 3.63) is 81.7 Å². The number of dihydropyridines is 1. The highest BCUT2D eigenvalue weighted by molar-refractivity contribution is 6.06. The maximum Gasteiger partial charge on any atom is 0.335 e. The Morgan fingerprint density at radius 1 is 0.889 bits per heavy atom. The summed E-state index contributed by atoms with van der Waals surface area (Å²) in [5.41, 5.74) is 5.23. The summed E-state index contributed by atoms with van der Waals surface area (Å²) in [5.74, 6) is -0.0760. The minimum Gasteiger partial charge on any atom is -0.490 e. The molecule has 0 aromatic heterocycles. The first-order chi connectivity index (χ1) is 17.5. The van der Waals surface area contributed by atoms with Crippen molar-refractivity contribution in [1.82, 2.24) is 5.32 Å². The molecule has 0 saturated heterocycles. The zero-order valence-electron chi connectivity index (χ0n) is 20.3. The predicted octanol–water partition coefficient (Wildman–Crippen LogP) is 5.06. The van der Waals surface area contributed by atoms with Crippen molar-refractivity contribution in [2.24, 2.45) is 0 Å². The lowest BCUT2D eigenvalue weighted by atomic mass is 9.71. The Labute approximate surface area is 209 Å². The van der Waals surface area contributed by atoms with Gasteiger partial charge in [0.25, 0.3) is 0 Å². The summed E-state index contributed by atoms with van der Waals surface area (Å²) in [6.07, 6.45) is 4.24. The monoisotopic (exact) mass is 487 g/mol. The van der Waals surface area contributed by atoms with E-state index in [0.717, 1.165) is 48.2 Å². The van der Waals surface area contributed by atoms with E-state index < -0.39 is 11.9 Å². The summed E-state index contributed by atoms with van der Waals surface area (Å²) in [5, 5.41) is 12.5. The van der Waals surface area contributed by atoms with E-state index in [1.807, 2.05) is 25.1 Å². The second-order valence-electron chi connectivity index (χ2n) is 9.33. The fourth-order valence-corrected chi connectivity index (χ4v) is 5.31. The van der Waals surface area contributed by atoms with Gasteiger partial charge in [0.05, 0.1) is 12.2 Å². The quantitative estimate of drug-likeness (QED) is 0.563. The minimum absolute atomic E-state index is 0.0989. The van der Waals surface area contributed by atoms with Gasteiger partial charge in [0, 0.05) is 41.3 Å². The fraction of sp³-hybridized carbons (Fsp3) is 0.345. The molecule has 1 heterocycles. The minimum atomic E-state index is -0.973. The van der Waals surface area contributed by atoms with E-state index in [1.54, 1.807) is 24.3 Å². The number of hydrogen-bond acceptors (Lipinski definition) is 6. The molecule has 1 aliphatic heterocycles. The number of carbonyl (C=O) groups is 3. The van der Waals surface area contributed by atoms with Crippen molar-refractivity contribution < 1.29 is 29.0 Å². The maximum atomic E-state index is 13.1. The molecule has 0 fully saturated rings. The third-order valence-electron chi connectivity index (χ3n) is 6.99. The van der Waals surface area contributed by atoms with Crippen LogP contribution in [0.3, 0.4) is 0 Å². The zero-order valence-corrected chi connectivity index (χ0v) is 20.3. The standard InChI is InChI=1S/C29H29NO6/c1-2-35-25-15-19(13-14-24(25)36-16-17-9-11-18(12-10-17)29(33)34)26-27-20(5-3-7-22(27)31)30-21-6-4-8-23(32)28(21)26/h9-15,26,30H,2-8,16H2,1H3,(H,33,34). The lowest BCUT2D eigenvalue weighted by Gasteiger charge is -2.37. The van der Waals surface area contributed by atoms with Crippen LogP contribution in [0.15, 0.2) is 65.0 Å². The van der Waals surface area contributed by atoms with Crippen LogP contribution in [0.5, 0.6) is 11.5 Å². The molecular weight excluding hydrogens is 458 g/mol. The smallest absolute Gasteiger partial charge is 0.335 e. The third kappa shape index (κ3) is 4.53. The Morgan fingerprint density at radius 2 is 1.53 bits per heavy atom. The molecule has 7 heteroatoms. The first-order valence-electron chi connectivity index (χ1n) is 12.5. The predicted molar refractivity (Wildman–Crippen MR) is 133 cm³/mol. The number of nitrogens with one attached hydrogen (secondary N) is 1. The molecule has 2 aromatic carbocycles. The SMILES string of the molecule is CCOc1cc(C2C3=C(CCCC3=O)NC3=C2C(=O)CCC3)ccc1OCc1ccc(C(=O)O)cc1. The van der Waals surface area contributed by atoms with E-state index >= 15 is 0 Å². The van der Waals surface area contributed by atoms with E-state index in [9.17, 15) is 14.4 Å². The molecule has 2 aliphatic carbocycles. The second kappa shape index (κ2) is 10.0. The van der Waals surface area contributed by atoms with Gasteiger partial charge in [-0.25, -0.2) is 4.79 Å². The van der Waals surface area contributed by atoms with Crippen LogP contribution in [0.4, 0.5) is 0 Å². The molecule has 5 rings (SSSR count). The van der Waals surface area contributed by atoms with Crippen LogP contribution in [0.1, 0.15) is 72.9 Å². The highest BCUT2D eigenvalue weighted by Gasteiger charge is 2.40. The van der Waals surface area contributed by atoms with Crippen molar-refractivity contribution in [1.29, 1.82) is 0 Å². The van der Waals surface area contributed by atoms with Gasteiger partial charge in [-0.1, -0.05) is 18.2 Å². The Kier molecular flexibility index (Phi) is 6.63. The number of benzene rings is 2. The topological polar surface area (TPSA) is 102 Å². The van der Waals surface area contributed by atoms with Crippen LogP contribution in [0.25, 0.3) is 0 Å². The van der Waals surface area contributed by atoms with Crippen LogP contribution in [-0.2, 0) is 16.2 Å². The van der Waals surface area contributed by atoms with Crippen molar-refractivity contribution in [3.63, 3.8) is 0 Å². The first-order valence-corrected chi connectivity index (χ1v) is 12.5. The van der Waals surface area contributed by atoms with Crippen molar-refractivity contribution >= 4 is 17.5 Å². The zero-order chi connectivity index (χ0) is 25.2. The molecular formula is C29H29NO6. The molecule has 0 amide bonds. The largest absolute Gasteiger partial charge is 0.490 e. The molecule has 0 atom stereocenters. The van der Waals surface area contributed by atoms with Crippen LogP contribution >= 0.6 is 0 Å². The van der Waals surface area contributed by atoms with Gasteiger partial charge in [-0.2, -0.15) is 0 Å². The number of allylic oxidation sites excluding steroid dienone is 4. The molecule has 2 N–H and O–H groups in total. The molecule has 2 aromatic rings. The molecule has 3 aliphatic rings. The molecule has 36 heavy (non-hydrogen) atoms. The van der Waals surface area contributed by atoms with Crippen LogP contribution in [0.2, 0.25) is 0 Å². The average molecular weight is 488 g/mol. The Morgan fingerprint density at radius 3 is 2.11 bits per heavy atom. The molecule has 0 spiro atoms. The van der Waals surface area contributed by atoms with E-state index in [1.165, 1.54) is 0 Å². The Bertz CT molecular complexity index is 1250. The summed E-state index contributed by atoms with van der Waals surface area (Å²) in [7, 11) is 0. The van der Waals surface area contributed by atoms with Crippen molar-refractivity contribution in [2.75, 3.05) is 6.61 Å². The van der Waals surface area contributed by atoms with E-state index in [4.69, 9.17) is 14.6 Å². The molecule has 0 unspecified atom stereocenters. The number of hydrogen-bond donors (Lipinski definition) is 2. The lowest BCUT2D eigenvalue weighted by molar-refractivity contribution is -0.117. The van der Waals surface area contributed by atoms with Crippen LogP contribution < -0.4 is 14.8 Å². The van der Waals surface area contributed by atoms with Gasteiger partial charge in [-0.05, 0) is 68.0 Å². The van der Waals surface area contributed by atoms with Crippen LogP contribution in [0, 0.1) is 0 Å². The number of Topliss-reactive ketones (excluding diaryl/α,β-unsaturated/α-hetero) is 2. The van der Waals surface area contributed by atoms with Crippen molar-refractivity contribution in [3.8, 4) is 11.5 Å². The number of aromatic carboxylic acids is 1. The summed E-state index contributed by atoms with van der Waals surface area (Å²) in [4.78, 5) is 37.2. The van der Waals surface area contributed by atoms with Crippen molar-refractivity contribution in [2.45, 2.75) is 58.0 Å². The van der Waals surface area contributed by atoms with Gasteiger partial charge in [0.15, 0.2) is 23.1 Å². The normalized spacial score (nSPS) is 17.9. The first kappa shape index (κ1) is 23.9. The Hall–Kier alpha value is -3.87. The molecule has 0 radical (unpaired) electrons. The fourth-order valence-electron chi connectivity index (χ4n) is 5.31. The highest BCUT2D eigenvalue weighted by atomic mass is 16.5. The summed E-state index contributed by atoms with van der Waals surface area (Å²) in [6, 6.07) is 12.2. The van der Waals surface area contributed by atoms with Gasteiger partial charge in [0.2, 0.25) is 0 Å². The van der Waals surface area contributed by atoms with E-state index in [2.05, 4.69) is 5.32 Å². The lowest BCUT2D eigenvalue weighted by Crippen LogP contribution is -2.36. The number of carboxylic acid groups (broad SMARTS) is 1. The molecule has 0 bridgehead atoms. The number of rotatable bonds is 7. The summed E-state index contributed by atoms with van der Waals surface area (Å²) >= 11 is 0. The number of ether oxygens (including phenoxy) is 2. The Balaban J connectivity index is 1.48. The average Bonchev–Trinajstić information content (AvgIpc) is 2.87. The van der Waals surface area contributed by atoms with Gasteiger partial charge < -0.3 is 19.9 Å². The van der Waals surface area contributed by atoms with Crippen LogP contribution in [-0.4, -0.2) is 29.2 Å². The van der Waals surface area contributed by atoms with E-state index in [-0.39, 0.29) is 23.7 Å². The molecule has 7 nitrogen and oxygen atoms in total. The summed E-state index contributed by atoms with van der Waals surface area (Å²) in [6.45, 7) is 2.57. The highest BCUT2D eigenvalue weighted by Crippen LogP contribution is 2.46. The van der Waals surface area contributed by atoms with Gasteiger partial charge >= 0.3 is 5.97 Å². The van der Waals surface area contributed by atoms with Gasteiger partial charge in [-0.15, -0.1) is 0 Å². The summed E-state index contributed by atoms with van der Waals surface area (Å²) < 4.78 is 11.9. The van der Waals surface area contributed by atoms with E-state index in [0.29, 0.717) is 42.1 Å². The van der Waals surface area contributed by atoms with Gasteiger partial charge in [0.1, 0.15) is 6.61 Å². The second-order valence-corrected chi connectivity index (χ2v) is 9.33. The third-order valence-corrected chi connectivity index (χ3v) is 6.99. The molecule has 186 valence electrons. The maximum absolute atomic E-state index is 13.1.